The number of Topliss-reactive ketones (excluding diaryl/α,β-unsaturated/α-hetero) is 1. The third-order valence-electron chi connectivity index (χ3n) is 2.26. The molecule has 98 valence electrons. The first-order valence-corrected chi connectivity index (χ1v) is 6.40. The molecule has 0 saturated heterocycles. The van der Waals surface area contributed by atoms with Gasteiger partial charge in [0.15, 0.2) is 5.78 Å². The molecule has 0 aliphatic carbocycles. The Kier molecular flexibility index (Phi) is 3.82. The minimum Gasteiger partial charge on any atom is -0.438 e. The molecule has 0 unspecified atom stereocenters. The van der Waals surface area contributed by atoms with Crippen LogP contribution in [0.15, 0.2) is 30.3 Å². The third kappa shape index (κ3) is 2.91. The number of carbonyl (C=O) groups excluding carboxylic acids is 1. The molecule has 2 aromatic rings. The summed E-state index contributed by atoms with van der Waals surface area (Å²) in [7, 11) is 0. The van der Waals surface area contributed by atoms with Crippen molar-refractivity contribution in [3.8, 4) is 10.8 Å². The van der Waals surface area contributed by atoms with E-state index in [1.54, 1.807) is 24.3 Å². The van der Waals surface area contributed by atoms with Crippen LogP contribution in [-0.4, -0.2) is 10.7 Å². The maximum Gasteiger partial charge on any atom is 0.323 e. The summed E-state index contributed by atoms with van der Waals surface area (Å²) in [4.78, 5) is 21.9. The summed E-state index contributed by atoms with van der Waals surface area (Å²) >= 11 is 6.85. The Morgan fingerprint density at radius 1 is 1.42 bits per heavy atom. The van der Waals surface area contributed by atoms with Crippen LogP contribution in [0.5, 0.6) is 10.8 Å². The molecular formula is C12H8ClNO4S. The molecule has 1 heterocycles. The van der Waals surface area contributed by atoms with E-state index in [9.17, 15) is 14.9 Å². The number of hydrogen-bond donors (Lipinski definition) is 0. The Balaban J connectivity index is 2.42. The maximum absolute atomic E-state index is 11.3. The van der Waals surface area contributed by atoms with Gasteiger partial charge in [0.25, 0.3) is 5.06 Å². The average Bonchev–Trinajstić information content (AvgIpc) is 2.76. The van der Waals surface area contributed by atoms with Crippen LogP contribution < -0.4 is 4.74 Å². The van der Waals surface area contributed by atoms with Crippen LogP contribution >= 0.6 is 22.9 Å². The van der Waals surface area contributed by atoms with Crippen molar-refractivity contribution in [1.29, 1.82) is 0 Å². The standard InChI is InChI=1S/C12H8ClNO4S/c1-7(15)11-6-9(14(16)17)12(19-11)18-10-5-3-2-4-8(10)13/h2-6H,1H3. The van der Waals surface area contributed by atoms with Crippen molar-refractivity contribution in [2.24, 2.45) is 0 Å². The largest absolute Gasteiger partial charge is 0.438 e. The van der Waals surface area contributed by atoms with Crippen LogP contribution in [0.25, 0.3) is 0 Å². The van der Waals surface area contributed by atoms with E-state index in [1.807, 2.05) is 0 Å². The summed E-state index contributed by atoms with van der Waals surface area (Å²) in [6.07, 6.45) is 0. The number of carbonyl (C=O) groups is 1. The molecule has 0 N–H and O–H groups in total. The van der Waals surface area contributed by atoms with E-state index in [0.29, 0.717) is 10.8 Å². The molecule has 19 heavy (non-hydrogen) atoms. The number of thiophene rings is 1. The molecule has 1 aromatic heterocycles. The molecule has 0 atom stereocenters. The van der Waals surface area contributed by atoms with Gasteiger partial charge in [-0.2, -0.15) is 0 Å². The van der Waals surface area contributed by atoms with Crippen molar-refractivity contribution in [3.63, 3.8) is 0 Å². The Morgan fingerprint density at radius 2 is 2.11 bits per heavy atom. The molecule has 1 aromatic carbocycles. The summed E-state index contributed by atoms with van der Waals surface area (Å²) in [6.45, 7) is 1.34. The molecule has 7 heteroatoms. The summed E-state index contributed by atoms with van der Waals surface area (Å²) in [5, 5.41) is 11.3. The molecule has 0 aliphatic heterocycles. The fourth-order valence-corrected chi connectivity index (χ4v) is 2.42. The van der Waals surface area contributed by atoms with E-state index in [0.717, 1.165) is 11.3 Å². The van der Waals surface area contributed by atoms with E-state index in [4.69, 9.17) is 16.3 Å². The summed E-state index contributed by atoms with van der Waals surface area (Å²) in [6, 6.07) is 7.84. The zero-order valence-electron chi connectivity index (χ0n) is 9.75. The lowest BCUT2D eigenvalue weighted by Gasteiger charge is -2.03. The summed E-state index contributed by atoms with van der Waals surface area (Å²) < 4.78 is 5.43. The van der Waals surface area contributed by atoms with Gasteiger partial charge in [-0.25, -0.2) is 0 Å². The van der Waals surface area contributed by atoms with E-state index in [-0.39, 0.29) is 21.4 Å². The number of ether oxygens (including phenoxy) is 1. The van der Waals surface area contributed by atoms with Gasteiger partial charge in [0.05, 0.1) is 14.8 Å². The van der Waals surface area contributed by atoms with Crippen LogP contribution in [0.3, 0.4) is 0 Å². The van der Waals surface area contributed by atoms with Crippen LogP contribution in [0, 0.1) is 10.1 Å². The highest BCUT2D eigenvalue weighted by molar-refractivity contribution is 7.16. The lowest BCUT2D eigenvalue weighted by Crippen LogP contribution is -1.89. The number of halogens is 1. The topological polar surface area (TPSA) is 69.4 Å². The van der Waals surface area contributed by atoms with Gasteiger partial charge < -0.3 is 4.74 Å². The van der Waals surface area contributed by atoms with E-state index in [2.05, 4.69) is 0 Å². The van der Waals surface area contributed by atoms with Crippen molar-refractivity contribution in [2.45, 2.75) is 6.92 Å². The minimum atomic E-state index is -0.588. The number of hydrogen-bond acceptors (Lipinski definition) is 5. The second-order valence-electron chi connectivity index (χ2n) is 3.63. The van der Waals surface area contributed by atoms with Gasteiger partial charge in [-0.3, -0.25) is 14.9 Å². The van der Waals surface area contributed by atoms with Crippen LogP contribution in [0.1, 0.15) is 16.6 Å². The first-order chi connectivity index (χ1) is 8.99. The SMILES string of the molecule is CC(=O)c1cc([N+](=O)[O-])c(Oc2ccccc2Cl)s1. The van der Waals surface area contributed by atoms with Gasteiger partial charge in [-0.05, 0) is 19.1 Å². The lowest BCUT2D eigenvalue weighted by atomic mass is 10.3. The first kappa shape index (κ1) is 13.5. The molecule has 0 saturated carbocycles. The monoisotopic (exact) mass is 297 g/mol. The van der Waals surface area contributed by atoms with Crippen molar-refractivity contribution < 1.29 is 14.5 Å². The highest BCUT2D eigenvalue weighted by atomic mass is 35.5. The Labute approximate surface area is 117 Å². The Hall–Kier alpha value is -1.92. The number of benzene rings is 1. The molecule has 0 radical (unpaired) electrons. The van der Waals surface area contributed by atoms with Crippen molar-refractivity contribution in [3.05, 3.63) is 50.3 Å². The molecule has 0 bridgehead atoms. The molecular weight excluding hydrogens is 290 g/mol. The number of para-hydroxylation sites is 1. The highest BCUT2D eigenvalue weighted by Crippen LogP contribution is 2.41. The van der Waals surface area contributed by atoms with Gasteiger partial charge in [0, 0.05) is 6.07 Å². The zero-order valence-corrected chi connectivity index (χ0v) is 11.3. The highest BCUT2D eigenvalue weighted by Gasteiger charge is 2.23. The summed E-state index contributed by atoms with van der Waals surface area (Å²) in [5.41, 5.74) is -0.241. The molecule has 5 nitrogen and oxygen atoms in total. The Bertz CT molecular complexity index is 653. The van der Waals surface area contributed by atoms with Crippen LogP contribution in [0.4, 0.5) is 5.69 Å². The van der Waals surface area contributed by atoms with Gasteiger partial charge in [-0.15, -0.1) is 0 Å². The summed E-state index contributed by atoms with van der Waals surface area (Å²) in [5.74, 6) is 0.0614. The number of nitrogens with zero attached hydrogens (tertiary/aromatic N) is 1. The smallest absolute Gasteiger partial charge is 0.323 e. The number of nitro groups is 1. The normalized spacial score (nSPS) is 10.2. The predicted molar refractivity (Wildman–Crippen MR) is 72.5 cm³/mol. The fourth-order valence-electron chi connectivity index (χ4n) is 1.37. The maximum atomic E-state index is 11.3. The van der Waals surface area contributed by atoms with Crippen LogP contribution in [0.2, 0.25) is 5.02 Å². The van der Waals surface area contributed by atoms with Crippen molar-refractivity contribution >= 4 is 34.4 Å². The van der Waals surface area contributed by atoms with E-state index < -0.39 is 4.92 Å². The number of ketones is 1. The predicted octanol–water partition coefficient (Wildman–Crippen LogP) is 4.30. The second-order valence-corrected chi connectivity index (χ2v) is 5.05. The molecule has 0 amide bonds. The van der Waals surface area contributed by atoms with E-state index >= 15 is 0 Å². The third-order valence-corrected chi connectivity index (χ3v) is 3.68. The molecule has 0 fully saturated rings. The quantitative estimate of drug-likeness (QED) is 0.479. The minimum absolute atomic E-state index is 0.0447. The fraction of sp³-hybridized carbons (Fsp3) is 0.0833. The Morgan fingerprint density at radius 3 is 2.68 bits per heavy atom. The molecule has 0 aliphatic rings. The first-order valence-electron chi connectivity index (χ1n) is 5.20. The van der Waals surface area contributed by atoms with Crippen molar-refractivity contribution in [1.82, 2.24) is 0 Å². The van der Waals surface area contributed by atoms with Crippen molar-refractivity contribution in [2.75, 3.05) is 0 Å². The van der Waals surface area contributed by atoms with E-state index in [1.165, 1.54) is 13.0 Å². The average molecular weight is 298 g/mol. The van der Waals surface area contributed by atoms with Gasteiger partial charge in [0.2, 0.25) is 0 Å². The van der Waals surface area contributed by atoms with Gasteiger partial charge >= 0.3 is 5.69 Å². The van der Waals surface area contributed by atoms with Gasteiger partial charge in [-0.1, -0.05) is 35.1 Å². The second kappa shape index (κ2) is 5.38. The molecule has 2 rings (SSSR count). The van der Waals surface area contributed by atoms with Gasteiger partial charge in [0.1, 0.15) is 5.75 Å². The lowest BCUT2D eigenvalue weighted by molar-refractivity contribution is -0.385. The molecule has 0 spiro atoms. The number of rotatable bonds is 4. The van der Waals surface area contributed by atoms with Crippen LogP contribution in [-0.2, 0) is 0 Å². The zero-order chi connectivity index (χ0) is 14.0.